The number of rotatable bonds is 3. The van der Waals surface area contributed by atoms with Crippen molar-refractivity contribution in [1.29, 1.82) is 0 Å². The van der Waals surface area contributed by atoms with Crippen molar-refractivity contribution in [1.82, 2.24) is 24.5 Å². The maximum absolute atomic E-state index is 5.59. The minimum atomic E-state index is 0.600. The van der Waals surface area contributed by atoms with Gasteiger partial charge in [0.15, 0.2) is 5.82 Å². The summed E-state index contributed by atoms with van der Waals surface area (Å²) in [7, 11) is 0. The van der Waals surface area contributed by atoms with Gasteiger partial charge in [-0.2, -0.15) is 5.10 Å². The lowest BCUT2D eigenvalue weighted by Crippen LogP contribution is -2.07. The molecule has 1 aliphatic rings. The summed E-state index contributed by atoms with van der Waals surface area (Å²) in [6, 6.07) is 0.600. The first-order valence-electron chi connectivity index (χ1n) is 4.99. The second-order valence-corrected chi connectivity index (χ2v) is 3.86. The minimum Gasteiger partial charge on any atom is -0.396 e. The van der Waals surface area contributed by atoms with Gasteiger partial charge in [-0.05, 0) is 12.8 Å². The predicted molar refractivity (Wildman–Crippen MR) is 54.0 cm³/mol. The van der Waals surface area contributed by atoms with Crippen molar-refractivity contribution in [2.75, 3.05) is 5.73 Å². The molecule has 0 saturated heterocycles. The Labute approximate surface area is 86.7 Å². The highest BCUT2D eigenvalue weighted by molar-refractivity contribution is 5.30. The van der Waals surface area contributed by atoms with Crippen molar-refractivity contribution in [2.45, 2.75) is 25.4 Å². The molecule has 6 nitrogen and oxygen atoms in total. The Morgan fingerprint density at radius 1 is 1.47 bits per heavy atom. The second kappa shape index (κ2) is 3.08. The van der Waals surface area contributed by atoms with Gasteiger partial charge in [-0.25, -0.2) is 0 Å². The maximum Gasteiger partial charge on any atom is 0.154 e. The molecule has 1 fully saturated rings. The van der Waals surface area contributed by atoms with E-state index in [2.05, 4.69) is 19.9 Å². The van der Waals surface area contributed by atoms with Crippen molar-refractivity contribution in [2.24, 2.45) is 0 Å². The van der Waals surface area contributed by atoms with E-state index in [1.165, 1.54) is 12.8 Å². The average Bonchev–Trinajstić information content (AvgIpc) is 2.83. The van der Waals surface area contributed by atoms with Crippen LogP contribution in [0.15, 0.2) is 18.7 Å². The highest BCUT2D eigenvalue weighted by atomic mass is 15.3. The molecule has 6 heteroatoms. The Morgan fingerprint density at radius 2 is 2.33 bits per heavy atom. The van der Waals surface area contributed by atoms with Crippen LogP contribution in [0.2, 0.25) is 0 Å². The fraction of sp³-hybridized carbons (Fsp3) is 0.444. The van der Waals surface area contributed by atoms with Crippen LogP contribution >= 0.6 is 0 Å². The number of anilines is 1. The van der Waals surface area contributed by atoms with E-state index in [1.54, 1.807) is 23.4 Å². The first-order valence-corrected chi connectivity index (χ1v) is 4.99. The Kier molecular flexibility index (Phi) is 1.74. The first-order chi connectivity index (χ1) is 7.33. The molecular weight excluding hydrogens is 192 g/mol. The molecule has 0 aliphatic heterocycles. The molecule has 0 atom stereocenters. The monoisotopic (exact) mass is 204 g/mol. The van der Waals surface area contributed by atoms with Crippen LogP contribution in [0.5, 0.6) is 0 Å². The summed E-state index contributed by atoms with van der Waals surface area (Å²) < 4.78 is 3.90. The summed E-state index contributed by atoms with van der Waals surface area (Å²) in [5, 5.41) is 12.1. The number of aromatic nitrogens is 5. The van der Waals surface area contributed by atoms with Gasteiger partial charge in [0.25, 0.3) is 0 Å². The lowest BCUT2D eigenvalue weighted by molar-refractivity contribution is 0.600. The molecule has 78 valence electrons. The van der Waals surface area contributed by atoms with Crippen molar-refractivity contribution in [3.63, 3.8) is 0 Å². The summed E-state index contributed by atoms with van der Waals surface area (Å²) in [4.78, 5) is 0. The van der Waals surface area contributed by atoms with E-state index in [-0.39, 0.29) is 0 Å². The molecule has 2 heterocycles. The smallest absolute Gasteiger partial charge is 0.154 e. The molecular formula is C9H12N6. The third kappa shape index (κ3) is 1.58. The van der Waals surface area contributed by atoms with E-state index in [4.69, 9.17) is 5.73 Å². The lowest BCUT2D eigenvalue weighted by Gasteiger charge is -2.03. The van der Waals surface area contributed by atoms with Gasteiger partial charge in [-0.3, -0.25) is 4.68 Å². The van der Waals surface area contributed by atoms with Crippen LogP contribution < -0.4 is 5.73 Å². The highest BCUT2D eigenvalue weighted by Gasteiger charge is 2.26. The van der Waals surface area contributed by atoms with Crippen molar-refractivity contribution in [3.05, 3.63) is 24.5 Å². The van der Waals surface area contributed by atoms with Crippen LogP contribution in [-0.2, 0) is 6.54 Å². The molecule has 1 aliphatic carbocycles. The Hall–Kier alpha value is -1.85. The molecule has 2 aromatic heterocycles. The Bertz CT molecular complexity index is 466. The van der Waals surface area contributed by atoms with Crippen molar-refractivity contribution < 1.29 is 0 Å². The van der Waals surface area contributed by atoms with E-state index >= 15 is 0 Å². The van der Waals surface area contributed by atoms with Crippen LogP contribution in [-0.4, -0.2) is 24.5 Å². The third-order valence-electron chi connectivity index (χ3n) is 2.54. The number of nitrogen functional groups attached to an aromatic ring is 1. The van der Waals surface area contributed by atoms with Gasteiger partial charge in [0.05, 0.1) is 11.9 Å². The quantitative estimate of drug-likeness (QED) is 0.787. The number of hydrogen-bond donors (Lipinski definition) is 1. The standard InChI is InChI=1S/C9H12N6/c10-7-3-12-14(4-7)5-9-13-11-6-15(9)8-1-2-8/h3-4,6,8H,1-2,5,10H2. The summed E-state index contributed by atoms with van der Waals surface area (Å²) in [5.74, 6) is 0.945. The molecule has 1 saturated carbocycles. The molecule has 0 amide bonds. The van der Waals surface area contributed by atoms with Gasteiger partial charge in [0.2, 0.25) is 0 Å². The molecule has 2 aromatic rings. The van der Waals surface area contributed by atoms with Gasteiger partial charge in [0.1, 0.15) is 12.9 Å². The molecule has 0 bridgehead atoms. The van der Waals surface area contributed by atoms with Crippen LogP contribution in [0, 0.1) is 0 Å². The highest BCUT2D eigenvalue weighted by Crippen LogP contribution is 2.35. The van der Waals surface area contributed by atoms with Crippen molar-refractivity contribution in [3.8, 4) is 0 Å². The number of nitrogens with two attached hydrogens (primary N) is 1. The summed E-state index contributed by atoms with van der Waals surface area (Å²) in [6.07, 6.45) is 7.68. The van der Waals surface area contributed by atoms with Crippen LogP contribution in [0.4, 0.5) is 5.69 Å². The van der Waals surface area contributed by atoms with E-state index < -0.39 is 0 Å². The average molecular weight is 204 g/mol. The summed E-state index contributed by atoms with van der Waals surface area (Å²) in [6.45, 7) is 0.633. The molecule has 0 spiro atoms. The van der Waals surface area contributed by atoms with E-state index in [0.717, 1.165) is 5.82 Å². The molecule has 15 heavy (non-hydrogen) atoms. The lowest BCUT2D eigenvalue weighted by atomic mass is 10.5. The zero-order valence-electron chi connectivity index (χ0n) is 8.24. The maximum atomic E-state index is 5.59. The molecule has 2 N–H and O–H groups in total. The fourth-order valence-corrected chi connectivity index (χ4v) is 1.65. The van der Waals surface area contributed by atoms with E-state index in [9.17, 15) is 0 Å². The van der Waals surface area contributed by atoms with Gasteiger partial charge < -0.3 is 10.3 Å². The largest absolute Gasteiger partial charge is 0.396 e. The Balaban J connectivity index is 1.84. The molecule has 0 unspecified atom stereocenters. The zero-order chi connectivity index (χ0) is 10.3. The van der Waals surface area contributed by atoms with E-state index in [1.807, 2.05) is 0 Å². The fourth-order valence-electron chi connectivity index (χ4n) is 1.65. The van der Waals surface area contributed by atoms with Crippen LogP contribution in [0.25, 0.3) is 0 Å². The van der Waals surface area contributed by atoms with Crippen LogP contribution in [0.3, 0.4) is 0 Å². The predicted octanol–water partition coefficient (Wildman–Crippen LogP) is 0.440. The van der Waals surface area contributed by atoms with Gasteiger partial charge in [-0.1, -0.05) is 0 Å². The number of hydrogen-bond acceptors (Lipinski definition) is 4. The summed E-state index contributed by atoms with van der Waals surface area (Å²) >= 11 is 0. The van der Waals surface area contributed by atoms with Gasteiger partial charge in [-0.15, -0.1) is 10.2 Å². The number of nitrogens with zero attached hydrogens (tertiary/aromatic N) is 5. The van der Waals surface area contributed by atoms with Crippen LogP contribution in [0.1, 0.15) is 24.7 Å². The zero-order valence-corrected chi connectivity index (χ0v) is 8.24. The second-order valence-electron chi connectivity index (χ2n) is 3.86. The molecule has 3 rings (SSSR count). The van der Waals surface area contributed by atoms with Gasteiger partial charge >= 0.3 is 0 Å². The first kappa shape index (κ1) is 8.46. The topological polar surface area (TPSA) is 74.6 Å². The third-order valence-corrected chi connectivity index (χ3v) is 2.54. The van der Waals surface area contributed by atoms with E-state index in [0.29, 0.717) is 18.3 Å². The normalized spacial score (nSPS) is 15.7. The Morgan fingerprint density at radius 3 is 3.00 bits per heavy atom. The van der Waals surface area contributed by atoms with Crippen molar-refractivity contribution >= 4 is 5.69 Å². The molecule has 0 aromatic carbocycles. The summed E-state index contributed by atoms with van der Waals surface area (Å²) in [5.41, 5.74) is 6.27. The SMILES string of the molecule is Nc1cnn(Cc2nncn2C2CC2)c1. The minimum absolute atomic E-state index is 0.600. The molecule has 0 radical (unpaired) electrons. The van der Waals surface area contributed by atoms with Gasteiger partial charge in [0, 0.05) is 12.2 Å².